The van der Waals surface area contributed by atoms with Crippen molar-refractivity contribution in [3.8, 4) is 5.75 Å². The van der Waals surface area contributed by atoms with Crippen LogP contribution >= 0.6 is 23.4 Å². The number of thioether (sulfide) groups is 1. The summed E-state index contributed by atoms with van der Waals surface area (Å²) in [6.07, 6.45) is -4.78. The van der Waals surface area contributed by atoms with Gasteiger partial charge >= 0.3 is 12.8 Å². The minimum absolute atomic E-state index is 0.160. The molecule has 1 amide bonds. The zero-order valence-electron chi connectivity index (χ0n) is 12.4. The molecule has 0 spiro atoms. The number of alkyl halides is 5. The molecule has 0 saturated heterocycles. The number of carbonyl (C=O) groups excluding carboxylic acids is 1. The van der Waals surface area contributed by atoms with Crippen LogP contribution in [0.4, 0.5) is 27.6 Å². The maximum Gasteiger partial charge on any atom is 0.453 e. The minimum Gasteiger partial charge on any atom is -0.433 e. The fourth-order valence-electron chi connectivity index (χ4n) is 1.67. The molecule has 2 rings (SSSR count). The van der Waals surface area contributed by atoms with Crippen LogP contribution in [0, 0.1) is 0 Å². The number of benzene rings is 1. The lowest BCUT2D eigenvalue weighted by molar-refractivity contribution is -0.146. The van der Waals surface area contributed by atoms with E-state index in [4.69, 9.17) is 17.4 Å². The first-order chi connectivity index (χ1) is 12.1. The van der Waals surface area contributed by atoms with E-state index < -0.39 is 24.5 Å². The molecule has 1 heterocycles. The molecule has 0 unspecified atom stereocenters. The molecular formula is C12H9ClF5N5O2S. The molecular weight excluding hydrogens is 409 g/mol. The quantitative estimate of drug-likeness (QED) is 0.426. The number of halogens is 6. The van der Waals surface area contributed by atoms with Crippen LogP contribution in [0.2, 0.25) is 5.02 Å². The second-order valence-corrected chi connectivity index (χ2v) is 5.88. The Morgan fingerprint density at radius 1 is 1.38 bits per heavy atom. The summed E-state index contributed by atoms with van der Waals surface area (Å²) in [6, 6.07) is 3.57. The third-order valence-electron chi connectivity index (χ3n) is 2.68. The van der Waals surface area contributed by atoms with Crippen LogP contribution in [-0.4, -0.2) is 33.1 Å². The van der Waals surface area contributed by atoms with Crippen molar-refractivity contribution in [2.24, 2.45) is 0 Å². The van der Waals surface area contributed by atoms with E-state index in [1.54, 1.807) is 0 Å². The third-order valence-corrected chi connectivity index (χ3v) is 3.92. The molecule has 142 valence electrons. The Hall–Kier alpha value is -2.28. The molecule has 0 aliphatic carbocycles. The van der Waals surface area contributed by atoms with Gasteiger partial charge in [-0.3, -0.25) is 4.79 Å². The first-order valence-corrected chi connectivity index (χ1v) is 7.89. The summed E-state index contributed by atoms with van der Waals surface area (Å²) in [5.41, 5.74) is 0.174. The second kappa shape index (κ2) is 7.95. The zero-order chi connectivity index (χ0) is 19.5. The Kier molecular flexibility index (Phi) is 6.13. The van der Waals surface area contributed by atoms with E-state index in [2.05, 4.69) is 20.3 Å². The van der Waals surface area contributed by atoms with Gasteiger partial charge in [-0.1, -0.05) is 23.4 Å². The predicted molar refractivity (Wildman–Crippen MR) is 82.6 cm³/mol. The van der Waals surface area contributed by atoms with Gasteiger partial charge in [-0.25, -0.2) is 4.68 Å². The van der Waals surface area contributed by atoms with Crippen LogP contribution in [-0.2, 0) is 11.0 Å². The molecule has 7 nitrogen and oxygen atoms in total. The highest BCUT2D eigenvalue weighted by molar-refractivity contribution is 7.99. The summed E-state index contributed by atoms with van der Waals surface area (Å²) < 4.78 is 66.3. The Morgan fingerprint density at radius 2 is 2.08 bits per heavy atom. The molecule has 14 heteroatoms. The Morgan fingerprint density at radius 3 is 2.62 bits per heavy atom. The molecule has 1 aromatic heterocycles. The van der Waals surface area contributed by atoms with Crippen molar-refractivity contribution in [2.45, 2.75) is 17.9 Å². The maximum absolute atomic E-state index is 12.5. The topological polar surface area (TPSA) is 95.1 Å². The lowest BCUT2D eigenvalue weighted by atomic mass is 10.3. The molecule has 0 saturated carbocycles. The van der Waals surface area contributed by atoms with Gasteiger partial charge in [-0.2, -0.15) is 22.0 Å². The van der Waals surface area contributed by atoms with E-state index in [9.17, 15) is 26.7 Å². The van der Waals surface area contributed by atoms with E-state index in [0.29, 0.717) is 11.8 Å². The molecule has 3 N–H and O–H groups in total. The highest BCUT2D eigenvalue weighted by Gasteiger charge is 2.38. The van der Waals surface area contributed by atoms with Gasteiger partial charge in [0, 0.05) is 5.69 Å². The van der Waals surface area contributed by atoms with Gasteiger partial charge in [0.2, 0.25) is 11.1 Å². The zero-order valence-corrected chi connectivity index (χ0v) is 14.0. The molecule has 2 aromatic rings. The monoisotopic (exact) mass is 417 g/mol. The fraction of sp³-hybridized carbons (Fsp3) is 0.250. The molecule has 0 fully saturated rings. The van der Waals surface area contributed by atoms with Crippen LogP contribution in [0.5, 0.6) is 5.75 Å². The number of nitrogens with two attached hydrogens (primary N) is 1. The van der Waals surface area contributed by atoms with E-state index in [1.165, 1.54) is 12.1 Å². The van der Waals surface area contributed by atoms with Crippen molar-refractivity contribution in [1.82, 2.24) is 14.9 Å². The summed E-state index contributed by atoms with van der Waals surface area (Å²) in [7, 11) is 0. The van der Waals surface area contributed by atoms with Gasteiger partial charge in [0.15, 0.2) is 0 Å². The summed E-state index contributed by atoms with van der Waals surface area (Å²) in [6.45, 7) is -3.06. The molecule has 0 radical (unpaired) electrons. The number of nitrogens with zero attached hydrogens (tertiary/aromatic N) is 3. The van der Waals surface area contributed by atoms with Gasteiger partial charge in [-0.15, -0.1) is 10.2 Å². The van der Waals surface area contributed by atoms with Crippen LogP contribution in [0.3, 0.4) is 0 Å². The molecule has 0 aliphatic heterocycles. The number of nitrogen functional groups attached to an aromatic ring is 1. The standard InChI is InChI=1S/C12H9ClF5N5O2S/c13-6-3-5(1-2-7(6)25-10(14)15)20-8(24)4-26-11-22-21-9(23(11)19)12(16,17)18/h1-3,10H,4,19H2,(H,20,24). The number of hydrogen-bond donors (Lipinski definition) is 2. The molecule has 0 aliphatic rings. The first-order valence-electron chi connectivity index (χ1n) is 6.52. The molecule has 0 atom stereocenters. The lowest BCUT2D eigenvalue weighted by Gasteiger charge is -2.09. The van der Waals surface area contributed by atoms with E-state index in [0.717, 1.165) is 6.07 Å². The van der Waals surface area contributed by atoms with E-state index in [1.807, 2.05) is 0 Å². The normalized spacial score (nSPS) is 11.7. The SMILES string of the molecule is Nn1c(SCC(=O)Nc2ccc(OC(F)F)c(Cl)c2)nnc1C(F)(F)F. The first kappa shape index (κ1) is 20.0. The molecule has 26 heavy (non-hydrogen) atoms. The minimum atomic E-state index is -4.78. The van der Waals surface area contributed by atoms with Crippen LogP contribution < -0.4 is 15.9 Å². The van der Waals surface area contributed by atoms with E-state index >= 15 is 0 Å². The smallest absolute Gasteiger partial charge is 0.433 e. The van der Waals surface area contributed by atoms with Gasteiger partial charge in [0.05, 0.1) is 10.8 Å². The largest absolute Gasteiger partial charge is 0.453 e. The van der Waals surface area contributed by atoms with Crippen molar-refractivity contribution < 1.29 is 31.5 Å². The van der Waals surface area contributed by atoms with Crippen LogP contribution in [0.25, 0.3) is 0 Å². The van der Waals surface area contributed by atoms with Gasteiger partial charge in [-0.05, 0) is 18.2 Å². The van der Waals surface area contributed by atoms with Gasteiger partial charge in [0.1, 0.15) is 5.75 Å². The van der Waals surface area contributed by atoms with Crippen molar-refractivity contribution >= 4 is 35.0 Å². The maximum atomic E-state index is 12.5. The van der Waals surface area contributed by atoms with Crippen molar-refractivity contribution in [3.63, 3.8) is 0 Å². The Balaban J connectivity index is 1.95. The molecule has 1 aromatic carbocycles. The lowest BCUT2D eigenvalue weighted by Crippen LogP contribution is -2.22. The number of rotatable bonds is 6. The van der Waals surface area contributed by atoms with Gasteiger partial charge in [0.25, 0.3) is 5.82 Å². The van der Waals surface area contributed by atoms with Crippen molar-refractivity contribution in [1.29, 1.82) is 0 Å². The van der Waals surface area contributed by atoms with Crippen LogP contribution in [0.1, 0.15) is 5.82 Å². The predicted octanol–water partition coefficient (Wildman–Crippen LogP) is 3.00. The number of hydrogen-bond acceptors (Lipinski definition) is 6. The average molecular weight is 418 g/mol. The Labute approximate surface area is 151 Å². The summed E-state index contributed by atoms with van der Waals surface area (Å²) in [4.78, 5) is 11.8. The summed E-state index contributed by atoms with van der Waals surface area (Å²) >= 11 is 6.36. The van der Waals surface area contributed by atoms with E-state index in [-0.39, 0.29) is 32.0 Å². The Bertz CT molecular complexity index is 801. The highest BCUT2D eigenvalue weighted by Crippen LogP contribution is 2.30. The number of amides is 1. The summed E-state index contributed by atoms with van der Waals surface area (Å²) in [5, 5.41) is 8.08. The third kappa shape index (κ3) is 5.11. The summed E-state index contributed by atoms with van der Waals surface area (Å²) in [5.74, 6) is 2.60. The molecule has 0 bridgehead atoms. The number of nitrogens with one attached hydrogen (secondary N) is 1. The number of carbonyl (C=O) groups is 1. The number of anilines is 1. The fourth-order valence-corrected chi connectivity index (χ4v) is 2.55. The highest BCUT2D eigenvalue weighted by atomic mass is 35.5. The van der Waals surface area contributed by atoms with Crippen LogP contribution in [0.15, 0.2) is 23.4 Å². The second-order valence-electron chi connectivity index (χ2n) is 4.53. The average Bonchev–Trinajstić information content (AvgIpc) is 2.88. The van der Waals surface area contributed by atoms with Gasteiger partial charge < -0.3 is 15.9 Å². The van der Waals surface area contributed by atoms with Crippen molar-refractivity contribution in [2.75, 3.05) is 16.9 Å². The number of aromatic nitrogens is 3. The van der Waals surface area contributed by atoms with Crippen molar-refractivity contribution in [3.05, 3.63) is 29.0 Å². The number of ether oxygens (including phenoxy) is 1.